The van der Waals surface area contributed by atoms with Crippen molar-refractivity contribution < 1.29 is 14.3 Å². The lowest BCUT2D eigenvalue weighted by atomic mass is 10.1. The first-order chi connectivity index (χ1) is 15.6. The third-order valence-corrected chi connectivity index (χ3v) is 5.01. The van der Waals surface area contributed by atoms with E-state index in [0.29, 0.717) is 28.4 Å². The Kier molecular flexibility index (Phi) is 6.63. The predicted octanol–water partition coefficient (Wildman–Crippen LogP) is 4.45. The van der Waals surface area contributed by atoms with Crippen LogP contribution in [0.3, 0.4) is 0 Å². The van der Waals surface area contributed by atoms with Crippen molar-refractivity contribution in [2.75, 3.05) is 6.61 Å². The number of carbonyl (C=O) groups is 2. The van der Waals surface area contributed by atoms with Gasteiger partial charge in [0.05, 0.1) is 23.0 Å². The predicted molar refractivity (Wildman–Crippen MR) is 122 cm³/mol. The van der Waals surface area contributed by atoms with Gasteiger partial charge in [0.1, 0.15) is 5.75 Å². The number of carbonyl (C=O) groups excluding carboxylic acids is 2. The van der Waals surface area contributed by atoms with Gasteiger partial charge < -0.3 is 10.1 Å². The van der Waals surface area contributed by atoms with Crippen molar-refractivity contribution in [3.05, 3.63) is 113 Å². The lowest BCUT2D eigenvalue weighted by molar-refractivity contribution is -0.123. The van der Waals surface area contributed by atoms with Crippen LogP contribution in [0.5, 0.6) is 5.75 Å². The van der Waals surface area contributed by atoms with E-state index in [0.717, 1.165) is 11.3 Å². The van der Waals surface area contributed by atoms with Gasteiger partial charge >= 0.3 is 0 Å². The van der Waals surface area contributed by atoms with Crippen LogP contribution in [0.2, 0.25) is 5.02 Å². The van der Waals surface area contributed by atoms with E-state index in [1.165, 1.54) is 6.20 Å². The van der Waals surface area contributed by atoms with Crippen molar-refractivity contribution in [2.24, 2.45) is 0 Å². The second kappa shape index (κ2) is 9.94. The highest BCUT2D eigenvalue weighted by atomic mass is 35.5. The average molecular weight is 446 g/mol. The molecule has 0 atom stereocenters. The van der Waals surface area contributed by atoms with Crippen molar-refractivity contribution in [1.29, 1.82) is 0 Å². The molecule has 1 N–H and O–H groups in total. The molecule has 32 heavy (non-hydrogen) atoms. The molecule has 0 saturated carbocycles. The first kappa shape index (κ1) is 21.3. The summed E-state index contributed by atoms with van der Waals surface area (Å²) in [6.07, 6.45) is 3.19. The minimum Gasteiger partial charge on any atom is -0.483 e. The summed E-state index contributed by atoms with van der Waals surface area (Å²) in [5, 5.41) is 7.70. The zero-order valence-corrected chi connectivity index (χ0v) is 17.8. The maximum Gasteiger partial charge on any atom is 0.258 e. The Morgan fingerprint density at radius 2 is 1.66 bits per heavy atom. The van der Waals surface area contributed by atoms with Crippen molar-refractivity contribution in [3.8, 4) is 11.4 Å². The van der Waals surface area contributed by atoms with Crippen LogP contribution in [0.25, 0.3) is 5.69 Å². The molecule has 0 bridgehead atoms. The lowest BCUT2D eigenvalue weighted by Gasteiger charge is -2.11. The molecule has 7 heteroatoms. The van der Waals surface area contributed by atoms with Gasteiger partial charge in [-0.15, -0.1) is 0 Å². The van der Waals surface area contributed by atoms with E-state index < -0.39 is 0 Å². The maximum atomic E-state index is 13.1. The summed E-state index contributed by atoms with van der Waals surface area (Å²) in [7, 11) is 0. The smallest absolute Gasteiger partial charge is 0.258 e. The van der Waals surface area contributed by atoms with Crippen molar-refractivity contribution in [1.82, 2.24) is 15.1 Å². The monoisotopic (exact) mass is 445 g/mol. The number of nitrogens with one attached hydrogen (secondary N) is 1. The highest BCUT2D eigenvalue weighted by Crippen LogP contribution is 2.22. The molecule has 6 nitrogen and oxygen atoms in total. The molecular weight excluding hydrogens is 426 g/mol. The van der Waals surface area contributed by atoms with E-state index >= 15 is 0 Å². The van der Waals surface area contributed by atoms with Gasteiger partial charge in [-0.2, -0.15) is 5.10 Å². The summed E-state index contributed by atoms with van der Waals surface area (Å²) >= 11 is 5.87. The summed E-state index contributed by atoms with van der Waals surface area (Å²) in [6.45, 7) is 0.153. The van der Waals surface area contributed by atoms with E-state index in [2.05, 4.69) is 10.4 Å². The highest BCUT2D eigenvalue weighted by Gasteiger charge is 2.17. The van der Waals surface area contributed by atoms with Crippen LogP contribution in [-0.2, 0) is 11.3 Å². The number of hydrogen-bond donors (Lipinski definition) is 1. The largest absolute Gasteiger partial charge is 0.483 e. The van der Waals surface area contributed by atoms with Gasteiger partial charge in [0.25, 0.3) is 5.91 Å². The van der Waals surface area contributed by atoms with Gasteiger partial charge in [-0.3, -0.25) is 9.59 Å². The average Bonchev–Trinajstić information content (AvgIpc) is 3.33. The van der Waals surface area contributed by atoms with Crippen molar-refractivity contribution in [3.63, 3.8) is 0 Å². The number of ketones is 1. The second-order valence-electron chi connectivity index (χ2n) is 7.03. The van der Waals surface area contributed by atoms with E-state index in [1.54, 1.807) is 47.3 Å². The first-order valence-electron chi connectivity index (χ1n) is 9.98. The number of rotatable bonds is 8. The summed E-state index contributed by atoms with van der Waals surface area (Å²) in [5.41, 5.74) is 2.57. The number of ether oxygens (including phenoxy) is 1. The first-order valence-corrected chi connectivity index (χ1v) is 10.4. The molecule has 4 rings (SSSR count). The minimum absolute atomic E-state index is 0.207. The van der Waals surface area contributed by atoms with Gasteiger partial charge in [-0.25, -0.2) is 4.68 Å². The fourth-order valence-corrected chi connectivity index (χ4v) is 3.22. The third-order valence-electron chi connectivity index (χ3n) is 4.76. The number of amides is 1. The fraction of sp³-hybridized carbons (Fsp3) is 0.0800. The molecule has 1 heterocycles. The molecule has 4 aromatic rings. The molecule has 160 valence electrons. The molecule has 0 unspecified atom stereocenters. The minimum atomic E-state index is -0.293. The molecule has 1 amide bonds. The number of benzene rings is 3. The second-order valence-corrected chi connectivity index (χ2v) is 7.46. The van der Waals surface area contributed by atoms with Crippen LogP contribution in [0.1, 0.15) is 21.5 Å². The Labute approximate surface area is 190 Å². The molecule has 3 aromatic carbocycles. The van der Waals surface area contributed by atoms with Gasteiger partial charge in [-0.1, -0.05) is 54.1 Å². The molecule has 0 aliphatic carbocycles. The van der Waals surface area contributed by atoms with Crippen LogP contribution in [0, 0.1) is 0 Å². The Hall–Kier alpha value is -3.90. The Morgan fingerprint density at radius 3 is 2.44 bits per heavy atom. The summed E-state index contributed by atoms with van der Waals surface area (Å²) in [6, 6.07) is 23.6. The molecular formula is C25H20ClN3O3. The fourth-order valence-electron chi connectivity index (χ4n) is 3.09. The molecule has 0 aliphatic rings. The van der Waals surface area contributed by atoms with Gasteiger partial charge in [0.2, 0.25) is 0 Å². The maximum absolute atomic E-state index is 13.1. The number of para-hydroxylation sites is 2. The number of hydrogen-bond acceptors (Lipinski definition) is 4. The Bertz CT molecular complexity index is 1220. The van der Waals surface area contributed by atoms with Crippen LogP contribution in [-0.4, -0.2) is 28.1 Å². The van der Waals surface area contributed by atoms with E-state index in [9.17, 15) is 9.59 Å². The standard InChI is InChI=1S/C25H20ClN3O3/c26-20-12-10-18(11-13-20)14-27-24(30)17-32-23-9-5-4-8-22(23)25(31)19-15-28-29(16-19)21-6-2-1-3-7-21/h1-13,15-16H,14,17H2,(H,27,30). The van der Waals surface area contributed by atoms with E-state index in [1.807, 2.05) is 42.5 Å². The third kappa shape index (κ3) is 5.22. The molecule has 0 aliphatic heterocycles. The molecule has 0 spiro atoms. The Morgan fingerprint density at radius 1 is 0.938 bits per heavy atom. The zero-order valence-electron chi connectivity index (χ0n) is 17.1. The normalized spacial score (nSPS) is 10.5. The van der Waals surface area contributed by atoms with Gasteiger partial charge in [-0.05, 0) is 42.0 Å². The molecule has 1 aromatic heterocycles. The lowest BCUT2D eigenvalue weighted by Crippen LogP contribution is -2.28. The molecule has 0 fully saturated rings. The van der Waals surface area contributed by atoms with Crippen LogP contribution in [0.15, 0.2) is 91.3 Å². The molecule has 0 radical (unpaired) electrons. The summed E-state index contributed by atoms with van der Waals surface area (Å²) in [5.74, 6) is -0.185. The van der Waals surface area contributed by atoms with Gasteiger partial charge in [0, 0.05) is 17.8 Å². The van der Waals surface area contributed by atoms with Crippen molar-refractivity contribution in [2.45, 2.75) is 6.54 Å². The van der Waals surface area contributed by atoms with E-state index in [4.69, 9.17) is 16.3 Å². The van der Waals surface area contributed by atoms with E-state index in [-0.39, 0.29) is 18.3 Å². The van der Waals surface area contributed by atoms with Crippen molar-refractivity contribution >= 4 is 23.3 Å². The van der Waals surface area contributed by atoms with Crippen LogP contribution < -0.4 is 10.1 Å². The highest BCUT2D eigenvalue weighted by molar-refractivity contribution is 6.30. The topological polar surface area (TPSA) is 73.2 Å². The number of aromatic nitrogens is 2. The Balaban J connectivity index is 1.40. The summed E-state index contributed by atoms with van der Waals surface area (Å²) in [4.78, 5) is 25.3. The zero-order chi connectivity index (χ0) is 22.3. The number of halogens is 1. The SMILES string of the molecule is O=C(COc1ccccc1C(=O)c1cnn(-c2ccccc2)c1)NCc1ccc(Cl)cc1. The summed E-state index contributed by atoms with van der Waals surface area (Å²) < 4.78 is 7.30. The number of nitrogens with zero attached hydrogens (tertiary/aromatic N) is 2. The van der Waals surface area contributed by atoms with Crippen LogP contribution in [0.4, 0.5) is 0 Å². The van der Waals surface area contributed by atoms with Gasteiger partial charge in [0.15, 0.2) is 12.4 Å². The molecule has 0 saturated heterocycles. The van der Waals surface area contributed by atoms with Crippen LogP contribution >= 0.6 is 11.6 Å². The quantitative estimate of drug-likeness (QED) is 0.406.